The number of nitrogens with one attached hydrogen (secondary N) is 1. The Bertz CT molecular complexity index is 748. The Balaban J connectivity index is 2.24. The van der Waals surface area contributed by atoms with Gasteiger partial charge in [-0.05, 0) is 19.1 Å². The molecule has 0 bridgehead atoms. The number of thiazole rings is 1. The van der Waals surface area contributed by atoms with Gasteiger partial charge in [0.05, 0.1) is 19.9 Å². The molecule has 0 aliphatic carbocycles. The molecule has 2 rings (SSSR count). The van der Waals surface area contributed by atoms with Crippen molar-refractivity contribution in [3.05, 3.63) is 34.3 Å². The summed E-state index contributed by atoms with van der Waals surface area (Å²) >= 11 is 1.14. The highest BCUT2D eigenvalue weighted by molar-refractivity contribution is 7.17. The van der Waals surface area contributed by atoms with Crippen LogP contribution in [0.2, 0.25) is 0 Å². The first-order valence-electron chi connectivity index (χ1n) is 7.09. The van der Waals surface area contributed by atoms with E-state index >= 15 is 0 Å². The van der Waals surface area contributed by atoms with Gasteiger partial charge in [0.15, 0.2) is 5.13 Å². The van der Waals surface area contributed by atoms with Gasteiger partial charge in [-0.15, -0.1) is 0 Å². The quantitative estimate of drug-likeness (QED) is 0.897. The lowest BCUT2D eigenvalue weighted by molar-refractivity contribution is 0.0831. The van der Waals surface area contributed by atoms with Crippen molar-refractivity contribution in [2.45, 2.75) is 6.92 Å². The Morgan fingerprint density at radius 1 is 1.12 bits per heavy atom. The molecule has 128 valence electrons. The second-order valence-electron chi connectivity index (χ2n) is 5.19. The number of benzene rings is 1. The van der Waals surface area contributed by atoms with Gasteiger partial charge < -0.3 is 14.4 Å². The molecule has 1 aromatic heterocycles. The minimum atomic E-state index is -0.357. The smallest absolute Gasteiger partial charge is 0.265 e. The molecule has 1 heterocycles. The molecule has 2 amide bonds. The second kappa shape index (κ2) is 7.31. The van der Waals surface area contributed by atoms with E-state index in [9.17, 15) is 9.59 Å². The number of hydrogen-bond acceptors (Lipinski definition) is 6. The van der Waals surface area contributed by atoms with E-state index < -0.39 is 0 Å². The molecule has 0 saturated carbocycles. The molecule has 7 nitrogen and oxygen atoms in total. The summed E-state index contributed by atoms with van der Waals surface area (Å²) in [7, 11) is 6.37. The van der Waals surface area contributed by atoms with Crippen LogP contribution >= 0.6 is 11.3 Å². The molecule has 0 aliphatic rings. The van der Waals surface area contributed by atoms with E-state index in [4.69, 9.17) is 9.47 Å². The predicted octanol–water partition coefficient (Wildman–Crippen LogP) is 2.42. The molecule has 0 saturated heterocycles. The fourth-order valence-corrected chi connectivity index (χ4v) is 2.94. The van der Waals surface area contributed by atoms with Crippen LogP contribution in [0, 0.1) is 6.92 Å². The number of methoxy groups -OCH3 is 2. The fourth-order valence-electron chi connectivity index (χ4n) is 1.96. The lowest BCUT2D eigenvalue weighted by Crippen LogP contribution is -2.21. The molecule has 0 unspecified atom stereocenters. The number of anilines is 1. The van der Waals surface area contributed by atoms with Crippen LogP contribution in [0.1, 0.15) is 25.7 Å². The van der Waals surface area contributed by atoms with E-state index in [1.165, 1.54) is 19.1 Å². The molecular formula is C16H19N3O4S. The number of ether oxygens (including phenoxy) is 2. The minimum Gasteiger partial charge on any atom is -0.497 e. The van der Waals surface area contributed by atoms with Gasteiger partial charge >= 0.3 is 0 Å². The van der Waals surface area contributed by atoms with Crippen LogP contribution in [0.5, 0.6) is 11.5 Å². The Kier molecular flexibility index (Phi) is 5.40. The largest absolute Gasteiger partial charge is 0.497 e. The minimum absolute atomic E-state index is 0.145. The first-order chi connectivity index (χ1) is 11.3. The third-order valence-electron chi connectivity index (χ3n) is 3.23. The summed E-state index contributed by atoms with van der Waals surface area (Å²) in [5, 5.41) is 3.07. The molecule has 24 heavy (non-hydrogen) atoms. The molecule has 0 spiro atoms. The van der Waals surface area contributed by atoms with E-state index in [1.54, 1.807) is 39.2 Å². The maximum atomic E-state index is 12.4. The maximum absolute atomic E-state index is 12.4. The van der Waals surface area contributed by atoms with Gasteiger partial charge in [0, 0.05) is 25.7 Å². The zero-order chi connectivity index (χ0) is 17.9. The molecule has 0 fully saturated rings. The van der Waals surface area contributed by atoms with Crippen molar-refractivity contribution >= 4 is 28.3 Å². The van der Waals surface area contributed by atoms with Gasteiger partial charge in [0.25, 0.3) is 11.8 Å². The number of carbonyl (C=O) groups excluding carboxylic acids is 2. The average molecular weight is 349 g/mol. The van der Waals surface area contributed by atoms with Crippen LogP contribution in [0.4, 0.5) is 5.13 Å². The van der Waals surface area contributed by atoms with Crippen molar-refractivity contribution in [3.63, 3.8) is 0 Å². The number of aryl methyl sites for hydroxylation is 1. The Morgan fingerprint density at radius 3 is 2.21 bits per heavy atom. The van der Waals surface area contributed by atoms with Crippen molar-refractivity contribution in [2.75, 3.05) is 33.6 Å². The summed E-state index contributed by atoms with van der Waals surface area (Å²) in [6.45, 7) is 1.73. The van der Waals surface area contributed by atoms with Crippen molar-refractivity contribution in [1.82, 2.24) is 9.88 Å². The van der Waals surface area contributed by atoms with E-state index in [0.29, 0.717) is 32.8 Å². The third kappa shape index (κ3) is 3.83. The molecule has 1 aromatic carbocycles. The van der Waals surface area contributed by atoms with E-state index in [0.717, 1.165) is 11.3 Å². The summed E-state index contributed by atoms with van der Waals surface area (Å²) < 4.78 is 10.3. The number of amides is 2. The van der Waals surface area contributed by atoms with Gasteiger partial charge in [-0.25, -0.2) is 4.98 Å². The van der Waals surface area contributed by atoms with Crippen molar-refractivity contribution in [2.24, 2.45) is 0 Å². The zero-order valence-corrected chi connectivity index (χ0v) is 15.0. The maximum Gasteiger partial charge on any atom is 0.265 e. The average Bonchev–Trinajstić information content (AvgIpc) is 2.93. The highest BCUT2D eigenvalue weighted by Crippen LogP contribution is 2.26. The predicted molar refractivity (Wildman–Crippen MR) is 92.4 cm³/mol. The number of nitrogens with zero attached hydrogens (tertiary/aromatic N) is 2. The monoisotopic (exact) mass is 349 g/mol. The standard InChI is InChI=1S/C16H19N3O4S/c1-9-13(15(21)19(2)3)24-16(17-9)18-14(20)10-6-11(22-4)8-12(7-10)23-5/h6-8H,1-5H3,(H,17,18,20). The molecule has 1 N–H and O–H groups in total. The summed E-state index contributed by atoms with van der Waals surface area (Å²) in [6.07, 6.45) is 0. The van der Waals surface area contributed by atoms with Gasteiger partial charge in [0.2, 0.25) is 0 Å². The molecule has 0 atom stereocenters. The topological polar surface area (TPSA) is 80.8 Å². The van der Waals surface area contributed by atoms with Crippen LogP contribution in [0.25, 0.3) is 0 Å². The lowest BCUT2D eigenvalue weighted by atomic mass is 10.2. The van der Waals surface area contributed by atoms with Crippen molar-refractivity contribution in [3.8, 4) is 11.5 Å². The number of carbonyl (C=O) groups is 2. The fraction of sp³-hybridized carbons (Fsp3) is 0.312. The van der Waals surface area contributed by atoms with Crippen LogP contribution in [-0.2, 0) is 0 Å². The van der Waals surface area contributed by atoms with Gasteiger partial charge in [0.1, 0.15) is 16.4 Å². The van der Waals surface area contributed by atoms with Crippen molar-refractivity contribution in [1.29, 1.82) is 0 Å². The third-order valence-corrected chi connectivity index (χ3v) is 4.29. The Morgan fingerprint density at radius 2 is 1.71 bits per heavy atom. The number of aromatic nitrogens is 1. The Hall–Kier alpha value is -2.61. The van der Waals surface area contributed by atoms with Crippen LogP contribution in [0.15, 0.2) is 18.2 Å². The highest BCUT2D eigenvalue weighted by Gasteiger charge is 2.19. The van der Waals surface area contributed by atoms with E-state index in [1.807, 2.05) is 0 Å². The summed E-state index contributed by atoms with van der Waals surface area (Å²) in [5.74, 6) is 0.523. The lowest BCUT2D eigenvalue weighted by Gasteiger charge is -2.08. The molecule has 0 radical (unpaired) electrons. The zero-order valence-electron chi connectivity index (χ0n) is 14.2. The van der Waals surface area contributed by atoms with E-state index in [2.05, 4.69) is 10.3 Å². The molecule has 2 aromatic rings. The van der Waals surface area contributed by atoms with Crippen LogP contribution < -0.4 is 14.8 Å². The van der Waals surface area contributed by atoms with Gasteiger partial charge in [-0.1, -0.05) is 11.3 Å². The summed E-state index contributed by atoms with van der Waals surface area (Å²) in [5.41, 5.74) is 0.955. The first-order valence-corrected chi connectivity index (χ1v) is 7.91. The number of hydrogen-bond donors (Lipinski definition) is 1. The summed E-state index contributed by atoms with van der Waals surface area (Å²) in [6, 6.07) is 4.88. The highest BCUT2D eigenvalue weighted by atomic mass is 32.1. The van der Waals surface area contributed by atoms with Crippen LogP contribution in [-0.4, -0.2) is 50.0 Å². The normalized spacial score (nSPS) is 10.2. The van der Waals surface area contributed by atoms with Crippen molar-refractivity contribution < 1.29 is 19.1 Å². The van der Waals surface area contributed by atoms with Gasteiger partial charge in [-0.3, -0.25) is 14.9 Å². The molecular weight excluding hydrogens is 330 g/mol. The van der Waals surface area contributed by atoms with Crippen LogP contribution in [0.3, 0.4) is 0 Å². The second-order valence-corrected chi connectivity index (χ2v) is 6.19. The Labute approximate surface area is 144 Å². The summed E-state index contributed by atoms with van der Waals surface area (Å²) in [4.78, 5) is 30.7. The van der Waals surface area contributed by atoms with Gasteiger partial charge in [-0.2, -0.15) is 0 Å². The molecule has 8 heteroatoms. The van der Waals surface area contributed by atoms with E-state index in [-0.39, 0.29) is 11.8 Å². The molecule has 0 aliphatic heterocycles. The number of rotatable bonds is 5. The SMILES string of the molecule is COc1cc(OC)cc(C(=O)Nc2nc(C)c(C(=O)N(C)C)s2)c1. The first kappa shape index (κ1) is 17.7.